The lowest BCUT2D eigenvalue weighted by molar-refractivity contribution is 0.0455. The van der Waals surface area contributed by atoms with Crippen LogP contribution in [0.15, 0.2) is 97.1 Å². The van der Waals surface area contributed by atoms with Crippen molar-refractivity contribution in [2.45, 2.75) is 6.10 Å². The minimum Gasteiger partial charge on any atom is -0.465 e. The molecule has 164 valence electrons. The number of methoxy groups -OCH3 is 1. The number of hydrogen-bond acceptors (Lipinski definition) is 4. The lowest BCUT2D eigenvalue weighted by atomic mass is 9.83. The van der Waals surface area contributed by atoms with Crippen LogP contribution in [-0.2, 0) is 9.47 Å². The lowest BCUT2D eigenvalue weighted by Gasteiger charge is -2.20. The number of esters is 2. The smallest absolute Gasteiger partial charge is 0.339 e. The van der Waals surface area contributed by atoms with Gasteiger partial charge in [0.2, 0.25) is 0 Å². The molecular formula is C30H20O4. The number of hydrogen-bond donors (Lipinski definition) is 0. The maximum atomic E-state index is 13.1. The summed E-state index contributed by atoms with van der Waals surface area (Å²) in [6, 6.07) is 31.2. The third-order valence-corrected chi connectivity index (χ3v) is 6.48. The molecule has 4 nitrogen and oxygen atoms in total. The molecule has 1 aliphatic rings. The van der Waals surface area contributed by atoms with Crippen LogP contribution in [-0.4, -0.2) is 19.0 Å². The van der Waals surface area contributed by atoms with E-state index in [0.717, 1.165) is 43.8 Å². The largest absolute Gasteiger partial charge is 0.465 e. The maximum Gasteiger partial charge on any atom is 0.339 e. The number of fused-ring (bicyclic) bond motifs is 3. The molecule has 0 amide bonds. The topological polar surface area (TPSA) is 52.6 Å². The summed E-state index contributed by atoms with van der Waals surface area (Å²) in [7, 11) is 1.38. The zero-order valence-corrected chi connectivity index (χ0v) is 18.4. The van der Waals surface area contributed by atoms with E-state index in [1.807, 2.05) is 91.0 Å². The van der Waals surface area contributed by atoms with Gasteiger partial charge in [-0.2, -0.15) is 0 Å². The van der Waals surface area contributed by atoms with Crippen LogP contribution in [0.3, 0.4) is 0 Å². The molecular weight excluding hydrogens is 424 g/mol. The van der Waals surface area contributed by atoms with Gasteiger partial charge in [-0.3, -0.25) is 0 Å². The molecule has 1 aliphatic heterocycles. The predicted molar refractivity (Wildman–Crippen MR) is 132 cm³/mol. The van der Waals surface area contributed by atoms with Crippen LogP contribution in [0.25, 0.3) is 32.7 Å². The Kier molecular flexibility index (Phi) is 4.66. The Balaban J connectivity index is 1.81. The first kappa shape index (κ1) is 20.2. The molecule has 5 aromatic carbocycles. The fourth-order valence-electron chi connectivity index (χ4n) is 4.99. The highest BCUT2D eigenvalue weighted by Gasteiger charge is 2.37. The first-order valence-electron chi connectivity index (χ1n) is 11.1. The van der Waals surface area contributed by atoms with Gasteiger partial charge in [0.25, 0.3) is 0 Å². The van der Waals surface area contributed by atoms with Crippen molar-refractivity contribution in [3.05, 3.63) is 119 Å². The van der Waals surface area contributed by atoms with Gasteiger partial charge < -0.3 is 9.47 Å². The zero-order chi connectivity index (χ0) is 23.2. The molecule has 0 bridgehead atoms. The second-order valence-corrected chi connectivity index (χ2v) is 8.33. The maximum absolute atomic E-state index is 13.1. The zero-order valence-electron chi connectivity index (χ0n) is 18.4. The van der Waals surface area contributed by atoms with Crippen molar-refractivity contribution in [3.8, 4) is 11.1 Å². The third kappa shape index (κ3) is 3.00. The summed E-state index contributed by atoms with van der Waals surface area (Å²) >= 11 is 0. The van der Waals surface area contributed by atoms with Crippen LogP contribution in [0.1, 0.15) is 37.9 Å². The second-order valence-electron chi connectivity index (χ2n) is 8.33. The number of ether oxygens (including phenoxy) is 2. The Labute approximate surface area is 196 Å². The normalized spacial score (nSPS) is 14.7. The molecule has 1 atom stereocenters. The molecule has 34 heavy (non-hydrogen) atoms. The van der Waals surface area contributed by atoms with Gasteiger partial charge in [-0.15, -0.1) is 0 Å². The molecule has 0 aromatic heterocycles. The molecule has 5 aromatic rings. The van der Waals surface area contributed by atoms with E-state index in [2.05, 4.69) is 0 Å². The fourth-order valence-corrected chi connectivity index (χ4v) is 4.99. The summed E-state index contributed by atoms with van der Waals surface area (Å²) in [4.78, 5) is 26.1. The Morgan fingerprint density at radius 1 is 0.765 bits per heavy atom. The first-order valence-corrected chi connectivity index (χ1v) is 11.1. The molecule has 0 N–H and O–H groups in total. The van der Waals surface area contributed by atoms with Gasteiger partial charge in [0.15, 0.2) is 6.10 Å². The average Bonchev–Trinajstić information content (AvgIpc) is 3.22. The van der Waals surface area contributed by atoms with E-state index in [1.54, 1.807) is 6.07 Å². The fraction of sp³-hybridized carbons (Fsp3) is 0.0667. The van der Waals surface area contributed by atoms with Crippen LogP contribution in [0.4, 0.5) is 0 Å². The number of cyclic esters (lactones) is 1. The quantitative estimate of drug-likeness (QED) is 0.290. The summed E-state index contributed by atoms with van der Waals surface area (Å²) < 4.78 is 11.1. The average molecular weight is 444 g/mol. The van der Waals surface area contributed by atoms with Crippen molar-refractivity contribution >= 4 is 33.5 Å². The van der Waals surface area contributed by atoms with Crippen molar-refractivity contribution in [1.82, 2.24) is 0 Å². The summed E-state index contributed by atoms with van der Waals surface area (Å²) in [5, 5.41) is 3.76. The molecule has 0 fully saturated rings. The summed E-state index contributed by atoms with van der Waals surface area (Å²) in [6.07, 6.45) is -0.576. The molecule has 0 saturated heterocycles. The van der Waals surface area contributed by atoms with E-state index in [9.17, 15) is 9.59 Å². The number of carbonyl (C=O) groups is 2. The minimum atomic E-state index is -0.576. The second kappa shape index (κ2) is 7.85. The Hall–Kier alpha value is -4.44. The number of benzene rings is 5. The predicted octanol–water partition coefficient (Wildman–Crippen LogP) is 6.71. The Bertz CT molecular complexity index is 1600. The van der Waals surface area contributed by atoms with Crippen LogP contribution in [0.2, 0.25) is 0 Å². The van der Waals surface area contributed by atoms with Crippen LogP contribution in [0.5, 0.6) is 0 Å². The van der Waals surface area contributed by atoms with Crippen molar-refractivity contribution in [1.29, 1.82) is 0 Å². The van der Waals surface area contributed by atoms with Gasteiger partial charge >= 0.3 is 11.9 Å². The van der Waals surface area contributed by atoms with E-state index in [4.69, 9.17) is 9.47 Å². The molecule has 1 heterocycles. The highest BCUT2D eigenvalue weighted by atomic mass is 16.5. The van der Waals surface area contributed by atoms with Crippen molar-refractivity contribution in [3.63, 3.8) is 0 Å². The third-order valence-electron chi connectivity index (χ3n) is 6.48. The minimum absolute atomic E-state index is 0.365. The summed E-state index contributed by atoms with van der Waals surface area (Å²) in [5.41, 5.74) is 4.20. The van der Waals surface area contributed by atoms with Crippen LogP contribution >= 0.6 is 0 Å². The number of carbonyl (C=O) groups excluding carboxylic acids is 2. The molecule has 0 spiro atoms. The Morgan fingerprint density at radius 2 is 1.41 bits per heavy atom. The highest BCUT2D eigenvalue weighted by Crippen LogP contribution is 2.48. The van der Waals surface area contributed by atoms with Gasteiger partial charge in [-0.05, 0) is 44.8 Å². The summed E-state index contributed by atoms with van der Waals surface area (Å²) in [5.74, 6) is -0.792. The monoisotopic (exact) mass is 444 g/mol. The van der Waals surface area contributed by atoms with Gasteiger partial charge in [-0.1, -0.05) is 84.9 Å². The first-order chi connectivity index (χ1) is 16.7. The standard InChI is InChI=1S/C30H20O4/c1-33-29(31)23-16-15-18-9-5-7-13-21(18)25(23)26-22-14-8-6-12-20(22)17-24-27(26)28(34-30(24)32)19-10-3-2-4-11-19/h2-17,28H,1H3/t28-/m1/s1. The molecule has 0 aliphatic carbocycles. The van der Waals surface area contributed by atoms with Crippen molar-refractivity contribution in [2.75, 3.05) is 7.11 Å². The highest BCUT2D eigenvalue weighted by molar-refractivity contribution is 6.16. The van der Waals surface area contributed by atoms with E-state index >= 15 is 0 Å². The Morgan fingerprint density at radius 3 is 2.15 bits per heavy atom. The number of rotatable bonds is 3. The van der Waals surface area contributed by atoms with E-state index < -0.39 is 12.1 Å². The molecule has 0 unspecified atom stereocenters. The van der Waals surface area contributed by atoms with Crippen molar-refractivity contribution in [2.24, 2.45) is 0 Å². The summed E-state index contributed by atoms with van der Waals surface area (Å²) in [6.45, 7) is 0. The van der Waals surface area contributed by atoms with E-state index in [-0.39, 0.29) is 5.97 Å². The van der Waals surface area contributed by atoms with Crippen molar-refractivity contribution < 1.29 is 19.1 Å². The molecule has 0 radical (unpaired) electrons. The van der Waals surface area contributed by atoms with Gasteiger partial charge in [0, 0.05) is 11.1 Å². The van der Waals surface area contributed by atoms with E-state index in [0.29, 0.717) is 11.1 Å². The van der Waals surface area contributed by atoms with Gasteiger partial charge in [0.05, 0.1) is 18.2 Å². The van der Waals surface area contributed by atoms with Gasteiger partial charge in [-0.25, -0.2) is 9.59 Å². The van der Waals surface area contributed by atoms with Crippen LogP contribution in [0, 0.1) is 0 Å². The lowest BCUT2D eigenvalue weighted by Crippen LogP contribution is -2.07. The van der Waals surface area contributed by atoms with E-state index in [1.165, 1.54) is 7.11 Å². The molecule has 4 heteroatoms. The molecule has 0 saturated carbocycles. The van der Waals surface area contributed by atoms with Crippen LogP contribution < -0.4 is 0 Å². The SMILES string of the molecule is COC(=O)c1ccc2ccccc2c1-c1c2c(cc3ccccc13)C(=O)O[C@@H]2c1ccccc1. The molecule has 6 rings (SSSR count). The van der Waals surface area contributed by atoms with Gasteiger partial charge in [0.1, 0.15) is 0 Å².